The van der Waals surface area contributed by atoms with E-state index in [9.17, 15) is 14.4 Å². The van der Waals surface area contributed by atoms with Gasteiger partial charge in [-0.05, 0) is 23.3 Å². The molecule has 0 aliphatic carbocycles. The van der Waals surface area contributed by atoms with Crippen molar-refractivity contribution in [2.24, 2.45) is 15.0 Å². The van der Waals surface area contributed by atoms with Crippen LogP contribution in [0.5, 0.6) is 0 Å². The maximum atomic E-state index is 10.4. The third-order valence-electron chi connectivity index (χ3n) is 2.98. The summed E-state index contributed by atoms with van der Waals surface area (Å²) in [7, 11) is 0. The molecule has 0 heterocycles. The number of hydrogen-bond acceptors (Lipinski definition) is 6. The van der Waals surface area contributed by atoms with Crippen molar-refractivity contribution < 1.29 is 14.4 Å². The van der Waals surface area contributed by atoms with Crippen molar-refractivity contribution in [2.45, 2.75) is 6.42 Å². The lowest BCUT2D eigenvalue weighted by Gasteiger charge is -2.06. The second-order valence-electron chi connectivity index (χ2n) is 4.56. The number of rotatable bonds is 6. The van der Waals surface area contributed by atoms with Crippen molar-refractivity contribution in [3.63, 3.8) is 0 Å². The Morgan fingerprint density at radius 3 is 1.64 bits per heavy atom. The molecule has 0 spiro atoms. The minimum atomic E-state index is 0.378. The lowest BCUT2D eigenvalue weighted by molar-refractivity contribution is 0.563. The maximum absolute atomic E-state index is 10.4. The van der Waals surface area contributed by atoms with Crippen molar-refractivity contribution >= 4 is 29.6 Å². The minimum Gasteiger partial charge on any atom is -0.211 e. The Morgan fingerprint density at radius 1 is 0.800 bits per heavy atom. The summed E-state index contributed by atoms with van der Waals surface area (Å²) in [6.07, 6.45) is 6.51. The monoisotopic (exact) mass is 333 g/mol. The summed E-state index contributed by atoms with van der Waals surface area (Å²) < 4.78 is 0. The van der Waals surface area contributed by atoms with Gasteiger partial charge >= 0.3 is 0 Å². The van der Waals surface area contributed by atoms with Crippen LogP contribution in [0.25, 0.3) is 0 Å². The van der Waals surface area contributed by atoms with Crippen LogP contribution in [0, 0.1) is 0 Å². The third-order valence-corrected chi connectivity index (χ3v) is 2.98. The number of nitrogens with zero attached hydrogens (tertiary/aromatic N) is 3. The summed E-state index contributed by atoms with van der Waals surface area (Å²) in [6.45, 7) is 3.70. The van der Waals surface area contributed by atoms with Gasteiger partial charge in [-0.3, -0.25) is 0 Å². The van der Waals surface area contributed by atoms with Gasteiger partial charge in [0.25, 0.3) is 0 Å². The number of para-hydroxylation sites is 2. The van der Waals surface area contributed by atoms with Crippen molar-refractivity contribution in [1.29, 1.82) is 0 Å². The summed E-state index contributed by atoms with van der Waals surface area (Å²) >= 11 is 0. The summed E-state index contributed by atoms with van der Waals surface area (Å²) in [5, 5.41) is 0. The minimum absolute atomic E-state index is 0.378. The summed E-state index contributed by atoms with van der Waals surface area (Å²) in [6, 6.07) is 14.6. The molecule has 0 atom stereocenters. The predicted octanol–water partition coefficient (Wildman–Crippen LogP) is 3.72. The van der Waals surface area contributed by atoms with E-state index in [4.69, 9.17) is 0 Å². The third kappa shape index (κ3) is 6.95. The maximum Gasteiger partial charge on any atom is 0.240 e. The van der Waals surface area contributed by atoms with E-state index in [0.29, 0.717) is 24.3 Å². The molecule has 2 aromatic carbocycles. The topological polar surface area (TPSA) is 88.3 Å². The lowest BCUT2D eigenvalue weighted by atomic mass is 10.0. The first-order valence-electron chi connectivity index (χ1n) is 7.22. The molecule has 0 aromatic heterocycles. The molecular weight excluding hydrogens is 318 g/mol. The van der Waals surface area contributed by atoms with E-state index in [-0.39, 0.29) is 0 Å². The first kappa shape index (κ1) is 19.4. The zero-order chi connectivity index (χ0) is 18.3. The molecule has 0 saturated carbocycles. The van der Waals surface area contributed by atoms with E-state index in [1.165, 1.54) is 24.3 Å². The van der Waals surface area contributed by atoms with Crippen LogP contribution in [0.2, 0.25) is 0 Å². The average Bonchev–Trinajstić information content (AvgIpc) is 2.64. The number of isocyanates is 3. The second kappa shape index (κ2) is 11.8. The highest BCUT2D eigenvalue weighted by molar-refractivity contribution is 5.59. The van der Waals surface area contributed by atoms with Gasteiger partial charge in [0, 0.05) is 6.42 Å². The highest BCUT2D eigenvalue weighted by atomic mass is 16.1. The van der Waals surface area contributed by atoms with E-state index >= 15 is 0 Å². The Hall–Kier alpha value is -3.68. The van der Waals surface area contributed by atoms with Crippen LogP contribution >= 0.6 is 0 Å². The lowest BCUT2D eigenvalue weighted by Crippen LogP contribution is -1.89. The number of aliphatic imine (C=N–C) groups is 3. The highest BCUT2D eigenvalue weighted by Crippen LogP contribution is 2.26. The van der Waals surface area contributed by atoms with E-state index in [1.54, 1.807) is 24.3 Å². The Labute approximate surface area is 145 Å². The molecule has 0 bridgehead atoms. The zero-order valence-corrected chi connectivity index (χ0v) is 13.4. The summed E-state index contributed by atoms with van der Waals surface area (Å²) in [5.74, 6) is 0. The van der Waals surface area contributed by atoms with Crippen LogP contribution in [0.3, 0.4) is 0 Å². The summed E-state index contributed by atoms with van der Waals surface area (Å²) in [5.41, 5.74) is 2.89. The fraction of sp³-hybridized carbons (Fsp3) is 0.105. The van der Waals surface area contributed by atoms with Gasteiger partial charge in [0.1, 0.15) is 0 Å². The van der Waals surface area contributed by atoms with Crippen LogP contribution < -0.4 is 0 Å². The molecule has 0 fully saturated rings. The number of carbonyl (C=O) groups excluding carboxylic acids is 3. The predicted molar refractivity (Wildman–Crippen MR) is 94.4 cm³/mol. The van der Waals surface area contributed by atoms with Crippen molar-refractivity contribution in [3.8, 4) is 0 Å². The van der Waals surface area contributed by atoms with Gasteiger partial charge < -0.3 is 0 Å². The Balaban J connectivity index is 0.000000450. The molecule has 0 N–H and O–H groups in total. The van der Waals surface area contributed by atoms with E-state index < -0.39 is 0 Å². The molecule has 0 amide bonds. The van der Waals surface area contributed by atoms with Crippen molar-refractivity contribution in [3.05, 3.63) is 72.3 Å². The summed E-state index contributed by atoms with van der Waals surface area (Å²) in [4.78, 5) is 40.5. The van der Waals surface area contributed by atoms with E-state index in [2.05, 4.69) is 21.6 Å². The van der Waals surface area contributed by atoms with E-state index in [0.717, 1.165) is 11.1 Å². The largest absolute Gasteiger partial charge is 0.240 e. The molecule has 0 saturated heterocycles. The molecular formula is C19H15N3O3. The van der Waals surface area contributed by atoms with Gasteiger partial charge in [0.05, 0.1) is 17.9 Å². The first-order valence-corrected chi connectivity index (χ1v) is 7.22. The van der Waals surface area contributed by atoms with Gasteiger partial charge in [0.2, 0.25) is 18.2 Å². The van der Waals surface area contributed by atoms with Gasteiger partial charge in [-0.15, -0.1) is 6.58 Å². The average molecular weight is 333 g/mol. The number of benzene rings is 2. The highest BCUT2D eigenvalue weighted by Gasteiger charge is 2.05. The Bertz CT molecular complexity index is 798. The van der Waals surface area contributed by atoms with Gasteiger partial charge in [0.15, 0.2) is 0 Å². The molecule has 6 heteroatoms. The molecule has 124 valence electrons. The molecule has 6 nitrogen and oxygen atoms in total. The Morgan fingerprint density at radius 2 is 1.28 bits per heavy atom. The van der Waals surface area contributed by atoms with Crippen LogP contribution in [-0.2, 0) is 20.8 Å². The standard InChI is InChI=1S/C15H10N2O2.C4H5NO/c18-10-16-14-7-3-1-5-12(14)9-13-6-2-4-8-15(13)17-11-19;1-2-3-5-4-6/h1-8H,9H2;2H,1,3H2. The molecule has 2 aromatic rings. The molecule has 0 unspecified atom stereocenters. The molecule has 25 heavy (non-hydrogen) atoms. The molecule has 0 radical (unpaired) electrons. The van der Waals surface area contributed by atoms with Gasteiger partial charge in [-0.1, -0.05) is 42.5 Å². The zero-order valence-electron chi connectivity index (χ0n) is 13.4. The SMILES string of the molecule is C=CCN=C=O.O=C=Nc1ccccc1Cc1ccccc1N=C=O. The van der Waals surface area contributed by atoms with E-state index in [1.807, 2.05) is 24.3 Å². The van der Waals surface area contributed by atoms with Gasteiger partial charge in [-0.25, -0.2) is 19.4 Å². The smallest absolute Gasteiger partial charge is 0.211 e. The fourth-order valence-electron chi connectivity index (χ4n) is 1.94. The first-order chi connectivity index (χ1) is 12.3. The van der Waals surface area contributed by atoms with Gasteiger partial charge in [-0.2, -0.15) is 9.98 Å². The molecule has 0 aliphatic heterocycles. The van der Waals surface area contributed by atoms with Crippen molar-refractivity contribution in [2.75, 3.05) is 6.54 Å². The molecule has 2 rings (SSSR count). The van der Waals surface area contributed by atoms with Crippen molar-refractivity contribution in [1.82, 2.24) is 0 Å². The quantitative estimate of drug-likeness (QED) is 0.458. The van der Waals surface area contributed by atoms with Crippen LogP contribution in [0.4, 0.5) is 11.4 Å². The normalized spacial score (nSPS) is 8.48. The number of hydrogen-bond donors (Lipinski definition) is 0. The van der Waals surface area contributed by atoms with Crippen LogP contribution in [0.1, 0.15) is 11.1 Å². The van der Waals surface area contributed by atoms with Crippen LogP contribution in [0.15, 0.2) is 76.2 Å². The Kier molecular flexibility index (Phi) is 9.16. The second-order valence-corrected chi connectivity index (χ2v) is 4.56. The van der Waals surface area contributed by atoms with Crippen LogP contribution in [-0.4, -0.2) is 24.8 Å². The molecule has 0 aliphatic rings. The fourth-order valence-corrected chi connectivity index (χ4v) is 1.94.